The van der Waals surface area contributed by atoms with E-state index in [0.29, 0.717) is 5.56 Å². The Kier molecular flexibility index (Phi) is 3.43. The predicted octanol–water partition coefficient (Wildman–Crippen LogP) is 1.21. The second-order valence-corrected chi connectivity index (χ2v) is 3.16. The molecular formula is C10H14FNO2. The van der Waals surface area contributed by atoms with Gasteiger partial charge in [0.15, 0.2) is 11.6 Å². The van der Waals surface area contributed by atoms with Crippen LogP contribution in [0.5, 0.6) is 5.75 Å². The fourth-order valence-electron chi connectivity index (χ4n) is 1.17. The summed E-state index contributed by atoms with van der Waals surface area (Å²) < 4.78 is 18.0. The maximum absolute atomic E-state index is 13.2. The lowest BCUT2D eigenvalue weighted by molar-refractivity contribution is 0.164. The van der Waals surface area contributed by atoms with Crippen molar-refractivity contribution in [2.75, 3.05) is 7.11 Å². The Bertz CT molecular complexity index is 315. The molecule has 0 spiro atoms. The summed E-state index contributed by atoms with van der Waals surface area (Å²) in [4.78, 5) is 0. The van der Waals surface area contributed by atoms with E-state index in [2.05, 4.69) is 0 Å². The number of rotatable bonds is 3. The molecule has 78 valence electrons. The number of nitrogens with two attached hydrogens (primary N) is 1. The van der Waals surface area contributed by atoms with Gasteiger partial charge in [-0.2, -0.15) is 0 Å². The number of hydrogen-bond donors (Lipinski definition) is 2. The van der Waals surface area contributed by atoms with Crippen molar-refractivity contribution < 1.29 is 14.2 Å². The minimum absolute atomic E-state index is 0.173. The molecule has 0 heterocycles. The Morgan fingerprint density at radius 2 is 2.14 bits per heavy atom. The van der Waals surface area contributed by atoms with Gasteiger partial charge in [0.25, 0.3) is 0 Å². The summed E-state index contributed by atoms with van der Waals surface area (Å²) in [5.41, 5.74) is 6.19. The zero-order valence-corrected chi connectivity index (χ0v) is 8.20. The number of halogens is 1. The maximum atomic E-state index is 13.2. The lowest BCUT2D eigenvalue weighted by atomic mass is 10.0. The molecule has 3 N–H and O–H groups in total. The molecule has 4 heteroatoms. The number of benzene rings is 1. The molecule has 1 aromatic carbocycles. The molecule has 0 aromatic heterocycles. The highest BCUT2D eigenvalue weighted by Crippen LogP contribution is 2.22. The van der Waals surface area contributed by atoms with Gasteiger partial charge < -0.3 is 15.6 Å². The molecule has 2 atom stereocenters. The van der Waals surface area contributed by atoms with Crippen LogP contribution in [-0.2, 0) is 0 Å². The van der Waals surface area contributed by atoms with Crippen LogP contribution < -0.4 is 10.5 Å². The van der Waals surface area contributed by atoms with Crippen LogP contribution in [-0.4, -0.2) is 18.3 Å². The molecule has 14 heavy (non-hydrogen) atoms. The van der Waals surface area contributed by atoms with Gasteiger partial charge in [0.05, 0.1) is 19.3 Å². The average molecular weight is 199 g/mol. The third-order valence-electron chi connectivity index (χ3n) is 2.08. The number of aliphatic hydroxyl groups excluding tert-OH is 1. The van der Waals surface area contributed by atoms with Gasteiger partial charge in [-0.05, 0) is 24.6 Å². The molecule has 3 nitrogen and oxygen atoms in total. The summed E-state index contributed by atoms with van der Waals surface area (Å²) in [5.74, 6) is -0.298. The largest absolute Gasteiger partial charge is 0.494 e. The highest BCUT2D eigenvalue weighted by molar-refractivity contribution is 5.31. The van der Waals surface area contributed by atoms with Gasteiger partial charge in [-0.3, -0.25) is 0 Å². The predicted molar refractivity (Wildman–Crippen MR) is 51.6 cm³/mol. The van der Waals surface area contributed by atoms with E-state index in [1.165, 1.54) is 19.2 Å². The standard InChI is InChI=1S/C10H14FNO2/c1-6(13)10(12)7-3-4-9(14-2)8(11)5-7/h3-6,10,13H,12H2,1-2H3/t6-,10-/m0/s1. The molecule has 0 unspecified atom stereocenters. The second kappa shape index (κ2) is 4.39. The maximum Gasteiger partial charge on any atom is 0.165 e. The van der Waals surface area contributed by atoms with E-state index < -0.39 is 18.0 Å². The minimum Gasteiger partial charge on any atom is -0.494 e. The minimum atomic E-state index is -0.706. The van der Waals surface area contributed by atoms with Crippen molar-refractivity contribution in [1.82, 2.24) is 0 Å². The lowest BCUT2D eigenvalue weighted by Crippen LogP contribution is -2.23. The van der Waals surface area contributed by atoms with Gasteiger partial charge in [0, 0.05) is 0 Å². The second-order valence-electron chi connectivity index (χ2n) is 3.16. The Morgan fingerprint density at radius 1 is 1.50 bits per heavy atom. The zero-order chi connectivity index (χ0) is 10.7. The van der Waals surface area contributed by atoms with E-state index in [1.807, 2.05) is 0 Å². The third-order valence-corrected chi connectivity index (χ3v) is 2.08. The van der Waals surface area contributed by atoms with E-state index in [4.69, 9.17) is 10.5 Å². The molecular weight excluding hydrogens is 185 g/mol. The first kappa shape index (κ1) is 10.9. The zero-order valence-electron chi connectivity index (χ0n) is 8.20. The van der Waals surface area contributed by atoms with Crippen molar-refractivity contribution in [3.8, 4) is 5.75 Å². The van der Waals surface area contributed by atoms with Crippen molar-refractivity contribution >= 4 is 0 Å². The van der Waals surface area contributed by atoms with E-state index >= 15 is 0 Å². The van der Waals surface area contributed by atoms with Crippen molar-refractivity contribution in [2.24, 2.45) is 5.73 Å². The van der Waals surface area contributed by atoms with Crippen LogP contribution in [0, 0.1) is 5.82 Å². The number of aliphatic hydroxyl groups is 1. The van der Waals surface area contributed by atoms with Crippen LogP contribution >= 0.6 is 0 Å². The first-order valence-electron chi connectivity index (χ1n) is 4.33. The fourth-order valence-corrected chi connectivity index (χ4v) is 1.17. The van der Waals surface area contributed by atoms with Gasteiger partial charge in [0.1, 0.15) is 0 Å². The van der Waals surface area contributed by atoms with Crippen molar-refractivity contribution in [2.45, 2.75) is 19.1 Å². The summed E-state index contributed by atoms with van der Waals surface area (Å²) in [5, 5.41) is 9.21. The molecule has 0 saturated heterocycles. The van der Waals surface area contributed by atoms with Crippen molar-refractivity contribution in [1.29, 1.82) is 0 Å². The van der Waals surface area contributed by atoms with Crippen molar-refractivity contribution in [3.63, 3.8) is 0 Å². The van der Waals surface area contributed by atoms with E-state index in [1.54, 1.807) is 13.0 Å². The molecule has 1 aromatic rings. The van der Waals surface area contributed by atoms with Gasteiger partial charge in [-0.25, -0.2) is 4.39 Å². The Hall–Kier alpha value is -1.13. The van der Waals surface area contributed by atoms with E-state index in [-0.39, 0.29) is 5.75 Å². The average Bonchev–Trinajstić information content (AvgIpc) is 2.16. The molecule has 0 aliphatic rings. The van der Waals surface area contributed by atoms with Gasteiger partial charge in [-0.15, -0.1) is 0 Å². The summed E-state index contributed by atoms with van der Waals surface area (Å²) >= 11 is 0. The SMILES string of the molecule is COc1ccc([C@@H](N)[C@H](C)O)cc1F. The van der Waals surface area contributed by atoms with Crippen molar-refractivity contribution in [3.05, 3.63) is 29.6 Å². The summed E-state index contributed by atoms with van der Waals surface area (Å²) in [6, 6.07) is 3.83. The first-order valence-corrected chi connectivity index (χ1v) is 4.33. The lowest BCUT2D eigenvalue weighted by Gasteiger charge is -2.15. The van der Waals surface area contributed by atoms with Crippen LogP contribution in [0.4, 0.5) is 4.39 Å². The Balaban J connectivity index is 2.96. The fraction of sp³-hybridized carbons (Fsp3) is 0.400. The molecule has 0 amide bonds. The molecule has 0 aliphatic heterocycles. The quantitative estimate of drug-likeness (QED) is 0.769. The van der Waals surface area contributed by atoms with Gasteiger partial charge in [0.2, 0.25) is 0 Å². The topological polar surface area (TPSA) is 55.5 Å². The Labute approximate surface area is 82.3 Å². The van der Waals surface area contributed by atoms with Crippen LogP contribution in [0.15, 0.2) is 18.2 Å². The summed E-state index contributed by atoms with van der Waals surface area (Å²) in [7, 11) is 1.40. The molecule has 1 rings (SSSR count). The third kappa shape index (κ3) is 2.21. The van der Waals surface area contributed by atoms with Crippen LogP contribution in [0.3, 0.4) is 0 Å². The highest BCUT2D eigenvalue weighted by Gasteiger charge is 2.13. The number of ether oxygens (including phenoxy) is 1. The molecule has 0 radical (unpaired) electrons. The smallest absolute Gasteiger partial charge is 0.165 e. The van der Waals surface area contributed by atoms with Gasteiger partial charge in [-0.1, -0.05) is 6.07 Å². The van der Waals surface area contributed by atoms with Crippen LogP contribution in [0.25, 0.3) is 0 Å². The molecule has 0 aliphatic carbocycles. The monoisotopic (exact) mass is 199 g/mol. The van der Waals surface area contributed by atoms with Gasteiger partial charge >= 0.3 is 0 Å². The molecule has 0 fully saturated rings. The highest BCUT2D eigenvalue weighted by atomic mass is 19.1. The number of methoxy groups -OCH3 is 1. The van der Waals surface area contributed by atoms with Crippen LogP contribution in [0.1, 0.15) is 18.5 Å². The summed E-state index contributed by atoms with van der Waals surface area (Å²) in [6.07, 6.45) is -0.706. The van der Waals surface area contributed by atoms with E-state index in [0.717, 1.165) is 0 Å². The number of hydrogen-bond acceptors (Lipinski definition) is 3. The first-order chi connectivity index (χ1) is 6.56. The molecule has 0 saturated carbocycles. The van der Waals surface area contributed by atoms with E-state index in [9.17, 15) is 9.50 Å². The molecule has 0 bridgehead atoms. The van der Waals surface area contributed by atoms with Crippen LogP contribution in [0.2, 0.25) is 0 Å². The summed E-state index contributed by atoms with van der Waals surface area (Å²) in [6.45, 7) is 1.56. The normalized spacial score (nSPS) is 14.9. The Morgan fingerprint density at radius 3 is 2.57 bits per heavy atom.